The van der Waals surface area contributed by atoms with Crippen molar-refractivity contribution in [1.82, 2.24) is 0 Å². The molecule has 0 unspecified atom stereocenters. The number of carboxylic acids is 1. The Labute approximate surface area is 209 Å². The van der Waals surface area contributed by atoms with E-state index in [1.807, 2.05) is 11.8 Å². The van der Waals surface area contributed by atoms with Gasteiger partial charge in [-0.2, -0.15) is 0 Å². The van der Waals surface area contributed by atoms with Gasteiger partial charge in [-0.3, -0.25) is 4.79 Å². The van der Waals surface area contributed by atoms with Crippen molar-refractivity contribution in [2.24, 2.45) is 23.2 Å². The van der Waals surface area contributed by atoms with E-state index in [-0.39, 0.29) is 5.41 Å². The van der Waals surface area contributed by atoms with Crippen molar-refractivity contribution >= 4 is 23.5 Å². The summed E-state index contributed by atoms with van der Waals surface area (Å²) in [7, 11) is 0. The van der Waals surface area contributed by atoms with Crippen LogP contribution in [0.5, 0.6) is 0 Å². The monoisotopic (exact) mass is 480 g/mol. The van der Waals surface area contributed by atoms with Crippen LogP contribution in [0.3, 0.4) is 0 Å². The number of aliphatic carboxylic acids is 1. The lowest BCUT2D eigenvalue weighted by atomic mass is 9.56. The number of carboxylic acid groups (broad SMARTS) is 1. The highest BCUT2D eigenvalue weighted by atomic mass is 32.2. The molecule has 0 amide bonds. The number of carbonyl (C=O) groups is 2. The number of rotatable bonds is 19. The summed E-state index contributed by atoms with van der Waals surface area (Å²) >= 11 is 1.90. The van der Waals surface area contributed by atoms with Crippen molar-refractivity contribution in [2.45, 2.75) is 130 Å². The topological polar surface area (TPSA) is 54.4 Å². The molecular weight excluding hydrogens is 428 g/mol. The van der Waals surface area contributed by atoms with Crippen molar-refractivity contribution in [3.8, 4) is 0 Å². The summed E-state index contributed by atoms with van der Waals surface area (Å²) in [5, 5.41) is 11.9. The molecule has 3 nitrogen and oxygen atoms in total. The first-order valence-corrected chi connectivity index (χ1v) is 14.8. The molecule has 1 aliphatic carbocycles. The molecule has 0 radical (unpaired) electrons. The van der Waals surface area contributed by atoms with Crippen LogP contribution in [0.4, 0.5) is 0 Å². The molecule has 0 aromatic heterocycles. The van der Waals surface area contributed by atoms with Crippen molar-refractivity contribution < 1.29 is 14.7 Å². The number of thioether (sulfide) groups is 1. The summed E-state index contributed by atoms with van der Waals surface area (Å²) in [5.74, 6) is 2.67. The maximum Gasteiger partial charge on any atom is 0.303 e. The number of allylic oxidation sites excluding steroid dienone is 1. The number of Topliss-reactive ketones (excluding diaryl/α,β-unsaturated/α-hetero) is 1. The molecule has 0 saturated heterocycles. The van der Waals surface area contributed by atoms with Gasteiger partial charge in [-0.05, 0) is 86.2 Å². The van der Waals surface area contributed by atoms with Gasteiger partial charge in [0.2, 0.25) is 0 Å². The fourth-order valence-corrected chi connectivity index (χ4v) is 6.80. The smallest absolute Gasteiger partial charge is 0.303 e. The quantitative estimate of drug-likeness (QED) is 0.187. The first kappa shape index (κ1) is 30.3. The van der Waals surface area contributed by atoms with E-state index in [2.05, 4.69) is 32.3 Å². The third kappa shape index (κ3) is 13.6. The minimum absolute atomic E-state index is 0.0214. The highest BCUT2D eigenvalue weighted by Crippen LogP contribution is 2.52. The Bertz CT molecular complexity index is 571. The van der Waals surface area contributed by atoms with E-state index in [1.54, 1.807) is 6.92 Å². The molecule has 1 fully saturated rings. The van der Waals surface area contributed by atoms with Gasteiger partial charge < -0.3 is 9.90 Å². The summed E-state index contributed by atoms with van der Waals surface area (Å²) in [4.78, 5) is 22.6. The van der Waals surface area contributed by atoms with E-state index >= 15 is 0 Å². The molecule has 0 bridgehead atoms. The summed E-state index contributed by atoms with van der Waals surface area (Å²) in [5.41, 5.74) is 0.0214. The van der Waals surface area contributed by atoms with Crippen LogP contribution in [-0.4, -0.2) is 22.6 Å². The highest BCUT2D eigenvalue weighted by Gasteiger charge is 2.44. The van der Waals surface area contributed by atoms with Gasteiger partial charge in [0, 0.05) is 6.42 Å². The zero-order valence-electron chi connectivity index (χ0n) is 22.1. The summed E-state index contributed by atoms with van der Waals surface area (Å²) in [6.45, 7) is 8.58. The van der Waals surface area contributed by atoms with Crippen LogP contribution in [0.2, 0.25) is 0 Å². The normalized spacial score (nSPS) is 23.4. The summed E-state index contributed by atoms with van der Waals surface area (Å²) < 4.78 is 0. The third-order valence-electron chi connectivity index (χ3n) is 7.60. The van der Waals surface area contributed by atoms with Gasteiger partial charge in [0.1, 0.15) is 5.78 Å². The Morgan fingerprint density at radius 2 is 1.67 bits per heavy atom. The molecule has 1 N–H and O–H groups in total. The van der Waals surface area contributed by atoms with Crippen molar-refractivity contribution in [2.75, 3.05) is 5.75 Å². The van der Waals surface area contributed by atoms with Crippen LogP contribution in [0.15, 0.2) is 11.5 Å². The number of hydrogen-bond acceptors (Lipinski definition) is 3. The Morgan fingerprint density at radius 3 is 2.33 bits per heavy atom. The second kappa shape index (κ2) is 17.6. The number of unbranched alkanes of at least 4 members (excludes halogenated alkanes) is 8. The predicted molar refractivity (Wildman–Crippen MR) is 144 cm³/mol. The minimum atomic E-state index is -0.603. The first-order chi connectivity index (χ1) is 15.8. The van der Waals surface area contributed by atoms with E-state index in [0.717, 1.165) is 37.9 Å². The molecule has 3 atom stereocenters. The van der Waals surface area contributed by atoms with Crippen molar-refractivity contribution in [1.29, 1.82) is 0 Å². The van der Waals surface area contributed by atoms with Gasteiger partial charge in [0.05, 0.1) is 6.42 Å². The van der Waals surface area contributed by atoms with Gasteiger partial charge in [-0.25, -0.2) is 0 Å². The van der Waals surface area contributed by atoms with Crippen molar-refractivity contribution in [3.05, 3.63) is 11.5 Å². The molecule has 0 heterocycles. The molecule has 1 saturated carbocycles. The van der Waals surface area contributed by atoms with E-state index in [9.17, 15) is 14.7 Å². The zero-order chi connectivity index (χ0) is 24.5. The van der Waals surface area contributed by atoms with Crippen LogP contribution in [0.25, 0.3) is 0 Å². The standard InChI is InChI=1S/C29H52O3S/c1-24(2)27-18-17-25(3)22-29(27,23-28(31)32)19-13-9-7-5-6-8-10-14-20-33-21-15-11-12-16-26(4)30/h14,20,24-25,27H,5-13,15-19,21-23H2,1-4H3,(H,31,32)/b20-14-/t25-,27+,29+/m1/s1. The average Bonchev–Trinajstić information content (AvgIpc) is 2.72. The highest BCUT2D eigenvalue weighted by molar-refractivity contribution is 8.02. The van der Waals surface area contributed by atoms with Crippen molar-refractivity contribution in [3.63, 3.8) is 0 Å². The Morgan fingerprint density at radius 1 is 1.00 bits per heavy atom. The third-order valence-corrected chi connectivity index (χ3v) is 8.51. The number of carbonyl (C=O) groups excluding carboxylic acids is 1. The number of ketones is 1. The lowest BCUT2D eigenvalue weighted by Gasteiger charge is -2.48. The van der Waals surface area contributed by atoms with E-state index in [0.29, 0.717) is 30.0 Å². The maximum atomic E-state index is 11.7. The largest absolute Gasteiger partial charge is 0.481 e. The second-order valence-corrected chi connectivity index (χ2v) is 12.1. The molecule has 0 aliphatic heterocycles. The summed E-state index contributed by atoms with van der Waals surface area (Å²) in [6, 6.07) is 0. The lowest BCUT2D eigenvalue weighted by Crippen LogP contribution is -2.41. The second-order valence-electron chi connectivity index (χ2n) is 11.1. The van der Waals surface area contributed by atoms with E-state index in [4.69, 9.17) is 0 Å². The van der Waals surface area contributed by atoms with Crippen LogP contribution in [0, 0.1) is 23.2 Å². The molecule has 4 heteroatoms. The molecule has 192 valence electrons. The van der Waals surface area contributed by atoms with Crippen LogP contribution in [0.1, 0.15) is 130 Å². The van der Waals surface area contributed by atoms with Crippen LogP contribution < -0.4 is 0 Å². The maximum absolute atomic E-state index is 11.7. The van der Waals surface area contributed by atoms with Gasteiger partial charge >= 0.3 is 5.97 Å². The Kier molecular flexibility index (Phi) is 16.2. The molecule has 1 aliphatic rings. The van der Waals surface area contributed by atoms with Gasteiger partial charge in [0.25, 0.3) is 0 Å². The number of hydrogen-bond donors (Lipinski definition) is 1. The molecule has 0 aromatic carbocycles. The van der Waals surface area contributed by atoms with Gasteiger partial charge in [0.15, 0.2) is 0 Å². The van der Waals surface area contributed by atoms with Gasteiger partial charge in [-0.15, -0.1) is 11.8 Å². The average molecular weight is 481 g/mol. The Hall–Kier alpha value is -0.770. The van der Waals surface area contributed by atoms with E-state index < -0.39 is 5.97 Å². The first-order valence-electron chi connectivity index (χ1n) is 13.7. The fourth-order valence-electron chi connectivity index (χ4n) is 6.03. The van der Waals surface area contributed by atoms with E-state index in [1.165, 1.54) is 64.2 Å². The lowest BCUT2D eigenvalue weighted by molar-refractivity contribution is -0.143. The molecule has 0 spiro atoms. The summed E-state index contributed by atoms with van der Waals surface area (Å²) in [6.07, 6.45) is 20.2. The fraction of sp³-hybridized carbons (Fsp3) is 0.862. The molecule has 0 aromatic rings. The molecular formula is C29H52O3S. The molecule has 33 heavy (non-hydrogen) atoms. The minimum Gasteiger partial charge on any atom is -0.481 e. The predicted octanol–water partition coefficient (Wildman–Crippen LogP) is 9.06. The molecule has 1 rings (SSSR count). The van der Waals surface area contributed by atoms with Crippen LogP contribution in [-0.2, 0) is 9.59 Å². The van der Waals surface area contributed by atoms with Gasteiger partial charge in [-0.1, -0.05) is 71.8 Å². The SMILES string of the molecule is CC(=O)CCCCCS/C=C\CCCCCCCC[C@@]1(CC(=O)O)C[C@H](C)CC[C@H]1C(C)C. The zero-order valence-corrected chi connectivity index (χ0v) is 22.9. The van der Waals surface area contributed by atoms with Crippen LogP contribution >= 0.6 is 11.8 Å². The Balaban J connectivity index is 2.14.